The highest BCUT2D eigenvalue weighted by atomic mass is 35.5. The number of halogens is 2. The average Bonchev–Trinajstić information content (AvgIpc) is 2.47. The van der Waals surface area contributed by atoms with E-state index < -0.39 is 11.7 Å². The zero-order valence-corrected chi connectivity index (χ0v) is 13.7. The van der Waals surface area contributed by atoms with Crippen molar-refractivity contribution in [1.29, 1.82) is 0 Å². The second-order valence-corrected chi connectivity index (χ2v) is 5.84. The summed E-state index contributed by atoms with van der Waals surface area (Å²) in [7, 11) is 0. The second kappa shape index (κ2) is 6.93. The molecule has 0 aliphatic heterocycles. The van der Waals surface area contributed by atoms with Gasteiger partial charge in [-0.2, -0.15) is 0 Å². The minimum atomic E-state index is -0.611. The van der Waals surface area contributed by atoms with E-state index in [4.69, 9.17) is 11.6 Å². The molecule has 0 aromatic heterocycles. The first-order chi connectivity index (χ1) is 10.4. The van der Waals surface area contributed by atoms with Gasteiger partial charge in [0.2, 0.25) is 0 Å². The van der Waals surface area contributed by atoms with Crippen molar-refractivity contribution in [3.05, 3.63) is 69.5 Å². The van der Waals surface area contributed by atoms with Crippen molar-refractivity contribution in [3.8, 4) is 0 Å². The van der Waals surface area contributed by atoms with Gasteiger partial charge in [-0.15, -0.1) is 0 Å². The molecule has 0 radical (unpaired) electrons. The van der Waals surface area contributed by atoms with Gasteiger partial charge >= 0.3 is 0 Å². The zero-order chi connectivity index (χ0) is 16.3. The summed E-state index contributed by atoms with van der Waals surface area (Å²) in [5, 5.41) is 3.16. The summed E-state index contributed by atoms with van der Waals surface area (Å²) in [4.78, 5) is 12.3. The predicted octanol–water partition coefficient (Wildman–Crippen LogP) is 4.98. The zero-order valence-electron chi connectivity index (χ0n) is 12.9. The lowest BCUT2D eigenvalue weighted by Gasteiger charge is -2.19. The molecule has 0 saturated carbocycles. The molecular weight excluding hydrogens is 301 g/mol. The van der Waals surface area contributed by atoms with E-state index in [9.17, 15) is 9.18 Å². The molecule has 0 fully saturated rings. The number of rotatable bonds is 4. The topological polar surface area (TPSA) is 29.1 Å². The first-order valence-corrected chi connectivity index (χ1v) is 7.63. The minimum absolute atomic E-state index is 0.00619. The third kappa shape index (κ3) is 3.66. The van der Waals surface area contributed by atoms with Crippen LogP contribution >= 0.6 is 11.6 Å². The number of aryl methyl sites for hydroxylation is 2. The molecule has 2 rings (SSSR count). The van der Waals surface area contributed by atoms with Crippen LogP contribution in [0.2, 0.25) is 5.02 Å². The molecule has 1 amide bonds. The number of carbonyl (C=O) groups excluding carboxylic acids is 1. The van der Waals surface area contributed by atoms with Gasteiger partial charge in [-0.05, 0) is 55.2 Å². The van der Waals surface area contributed by atoms with Crippen LogP contribution in [-0.2, 0) is 0 Å². The minimum Gasteiger partial charge on any atom is -0.345 e. The van der Waals surface area contributed by atoms with Crippen LogP contribution in [0.3, 0.4) is 0 Å². The van der Waals surface area contributed by atoms with E-state index in [1.165, 1.54) is 23.3 Å². The molecule has 1 atom stereocenters. The molecule has 0 aliphatic rings. The molecule has 0 unspecified atom stereocenters. The Balaban J connectivity index is 2.22. The molecule has 0 saturated heterocycles. The summed E-state index contributed by atoms with van der Waals surface area (Å²) in [6, 6.07) is 9.99. The lowest BCUT2D eigenvalue weighted by Crippen LogP contribution is -2.29. The highest BCUT2D eigenvalue weighted by Crippen LogP contribution is 2.21. The molecule has 1 N–H and O–H groups in total. The third-order valence-electron chi connectivity index (χ3n) is 3.82. The Labute approximate surface area is 135 Å². The van der Waals surface area contributed by atoms with Crippen molar-refractivity contribution in [2.24, 2.45) is 0 Å². The molecule has 2 nitrogen and oxygen atoms in total. The van der Waals surface area contributed by atoms with Gasteiger partial charge in [0.15, 0.2) is 0 Å². The highest BCUT2D eigenvalue weighted by molar-refractivity contribution is 6.30. The van der Waals surface area contributed by atoms with E-state index in [2.05, 4.69) is 11.4 Å². The summed E-state index contributed by atoms with van der Waals surface area (Å²) in [6.07, 6.45) is 0.726. The maximum atomic E-state index is 13.8. The van der Waals surface area contributed by atoms with Gasteiger partial charge in [-0.1, -0.05) is 36.7 Å². The van der Waals surface area contributed by atoms with Crippen LogP contribution < -0.4 is 5.32 Å². The third-order valence-corrected chi connectivity index (χ3v) is 4.06. The number of benzene rings is 2. The Hall–Kier alpha value is -1.87. The average molecular weight is 320 g/mol. The fourth-order valence-corrected chi connectivity index (χ4v) is 2.47. The van der Waals surface area contributed by atoms with Gasteiger partial charge in [0.25, 0.3) is 5.91 Å². The summed E-state index contributed by atoms with van der Waals surface area (Å²) in [6.45, 7) is 6.06. The molecule has 0 heterocycles. The Morgan fingerprint density at radius 2 is 1.91 bits per heavy atom. The van der Waals surface area contributed by atoms with Gasteiger partial charge in [-0.3, -0.25) is 4.79 Å². The van der Waals surface area contributed by atoms with Crippen molar-refractivity contribution in [1.82, 2.24) is 5.32 Å². The molecule has 0 bridgehead atoms. The molecule has 4 heteroatoms. The SMILES string of the molecule is CC[C@H](NC(=O)c1ccc(Cl)cc1F)c1ccc(C)c(C)c1. The second-order valence-electron chi connectivity index (χ2n) is 5.40. The van der Waals surface area contributed by atoms with Crippen LogP contribution in [0.15, 0.2) is 36.4 Å². The highest BCUT2D eigenvalue weighted by Gasteiger charge is 2.17. The molecular formula is C18H19ClFNO. The van der Waals surface area contributed by atoms with Crippen molar-refractivity contribution >= 4 is 17.5 Å². The van der Waals surface area contributed by atoms with Gasteiger partial charge in [0.05, 0.1) is 11.6 Å². The van der Waals surface area contributed by atoms with Crippen LogP contribution in [0, 0.1) is 19.7 Å². The maximum Gasteiger partial charge on any atom is 0.254 e. The first kappa shape index (κ1) is 16.5. The smallest absolute Gasteiger partial charge is 0.254 e. The molecule has 116 valence electrons. The van der Waals surface area contributed by atoms with E-state index >= 15 is 0 Å². The van der Waals surface area contributed by atoms with Crippen molar-refractivity contribution < 1.29 is 9.18 Å². The quantitative estimate of drug-likeness (QED) is 0.846. The number of amides is 1. The maximum absolute atomic E-state index is 13.8. The van der Waals surface area contributed by atoms with Gasteiger partial charge < -0.3 is 5.32 Å². The van der Waals surface area contributed by atoms with Crippen molar-refractivity contribution in [2.75, 3.05) is 0 Å². The van der Waals surface area contributed by atoms with E-state index in [0.717, 1.165) is 18.1 Å². The lowest BCUT2D eigenvalue weighted by atomic mass is 9.99. The summed E-state index contributed by atoms with van der Waals surface area (Å²) < 4.78 is 13.8. The van der Waals surface area contributed by atoms with Crippen LogP contribution in [0.25, 0.3) is 0 Å². The summed E-state index contributed by atoms with van der Waals surface area (Å²) in [5.41, 5.74) is 3.40. The van der Waals surface area contributed by atoms with Crippen LogP contribution in [-0.4, -0.2) is 5.91 Å². The van der Waals surface area contributed by atoms with E-state index in [1.807, 2.05) is 32.9 Å². The Morgan fingerprint density at radius 1 is 1.18 bits per heavy atom. The summed E-state index contributed by atoms with van der Waals surface area (Å²) in [5.74, 6) is -1.04. The molecule has 2 aromatic rings. The monoisotopic (exact) mass is 319 g/mol. The van der Waals surface area contributed by atoms with Crippen LogP contribution in [0.5, 0.6) is 0 Å². The fourth-order valence-electron chi connectivity index (χ4n) is 2.31. The van der Waals surface area contributed by atoms with Crippen LogP contribution in [0.4, 0.5) is 4.39 Å². The predicted molar refractivity (Wildman–Crippen MR) is 87.8 cm³/mol. The van der Waals surface area contributed by atoms with E-state index in [1.54, 1.807) is 0 Å². The largest absolute Gasteiger partial charge is 0.345 e. The fraction of sp³-hybridized carbons (Fsp3) is 0.278. The van der Waals surface area contributed by atoms with Gasteiger partial charge in [-0.25, -0.2) is 4.39 Å². The first-order valence-electron chi connectivity index (χ1n) is 7.25. The van der Waals surface area contributed by atoms with Crippen molar-refractivity contribution in [3.63, 3.8) is 0 Å². The Morgan fingerprint density at radius 3 is 2.50 bits per heavy atom. The van der Waals surface area contributed by atoms with E-state index in [-0.39, 0.29) is 16.6 Å². The lowest BCUT2D eigenvalue weighted by molar-refractivity contribution is 0.0931. The van der Waals surface area contributed by atoms with Gasteiger partial charge in [0, 0.05) is 5.02 Å². The molecule has 2 aromatic carbocycles. The molecule has 0 aliphatic carbocycles. The number of hydrogen-bond donors (Lipinski definition) is 1. The molecule has 0 spiro atoms. The number of nitrogens with one attached hydrogen (secondary N) is 1. The molecule has 22 heavy (non-hydrogen) atoms. The Kier molecular flexibility index (Phi) is 5.19. The standard InChI is InChI=1S/C18H19ClFNO/c1-4-17(13-6-5-11(2)12(3)9-13)21-18(22)15-8-7-14(19)10-16(15)20/h5-10,17H,4H2,1-3H3,(H,21,22)/t17-/m0/s1. The van der Waals surface area contributed by atoms with E-state index in [0.29, 0.717) is 0 Å². The van der Waals surface area contributed by atoms with Gasteiger partial charge in [0.1, 0.15) is 5.82 Å². The van der Waals surface area contributed by atoms with Crippen LogP contribution in [0.1, 0.15) is 46.4 Å². The van der Waals surface area contributed by atoms with Crippen molar-refractivity contribution in [2.45, 2.75) is 33.2 Å². The normalized spacial score (nSPS) is 12.0. The summed E-state index contributed by atoms with van der Waals surface area (Å²) >= 11 is 5.71. The Bertz CT molecular complexity index is 699. The number of carbonyl (C=O) groups is 1. The number of hydrogen-bond acceptors (Lipinski definition) is 1.